The van der Waals surface area contributed by atoms with Gasteiger partial charge in [0.1, 0.15) is 6.33 Å². The first-order valence-corrected chi connectivity index (χ1v) is 5.08. The summed E-state index contributed by atoms with van der Waals surface area (Å²) in [5.74, 6) is 0.812. The maximum Gasteiger partial charge on any atom is 0.318 e. The highest BCUT2D eigenvalue weighted by atomic mass is 16.2. The number of urea groups is 1. The molecule has 1 aromatic rings. The monoisotopic (exact) mass is 209 g/mol. The molecule has 0 bridgehead atoms. The van der Waals surface area contributed by atoms with Crippen molar-refractivity contribution in [2.45, 2.75) is 19.4 Å². The van der Waals surface area contributed by atoms with Crippen LogP contribution in [0.15, 0.2) is 6.33 Å². The Morgan fingerprint density at radius 1 is 1.60 bits per heavy atom. The van der Waals surface area contributed by atoms with Gasteiger partial charge in [0.05, 0.1) is 6.04 Å². The van der Waals surface area contributed by atoms with E-state index in [0.717, 1.165) is 25.3 Å². The van der Waals surface area contributed by atoms with Crippen LogP contribution in [0, 0.1) is 0 Å². The maximum atomic E-state index is 11.6. The van der Waals surface area contributed by atoms with E-state index in [-0.39, 0.29) is 12.1 Å². The molecule has 0 aliphatic carbocycles. The van der Waals surface area contributed by atoms with Crippen molar-refractivity contribution in [2.75, 3.05) is 13.1 Å². The maximum absolute atomic E-state index is 11.6. The first-order chi connectivity index (χ1) is 7.20. The Morgan fingerprint density at radius 2 is 2.40 bits per heavy atom. The van der Waals surface area contributed by atoms with E-state index in [1.165, 1.54) is 0 Å². The molecule has 2 rings (SSSR count). The lowest BCUT2D eigenvalue weighted by Gasteiger charge is -2.32. The largest absolute Gasteiger partial charge is 0.338 e. The fourth-order valence-electron chi connectivity index (χ4n) is 1.83. The molecule has 0 saturated carbocycles. The molecule has 1 fully saturated rings. The molecule has 6 heteroatoms. The average Bonchev–Trinajstić information content (AvgIpc) is 2.64. The number of rotatable bonds is 2. The van der Waals surface area contributed by atoms with Crippen molar-refractivity contribution in [3.63, 3.8) is 0 Å². The predicted octanol–water partition coefficient (Wildman–Crippen LogP) is 0.291. The molecule has 2 heterocycles. The second-order valence-electron chi connectivity index (χ2n) is 3.75. The Morgan fingerprint density at radius 3 is 3.00 bits per heavy atom. The molecule has 0 radical (unpaired) electrons. The summed E-state index contributed by atoms with van der Waals surface area (Å²) < 4.78 is 1.84. The van der Waals surface area contributed by atoms with Crippen LogP contribution in [0.3, 0.4) is 0 Å². The zero-order valence-electron chi connectivity index (χ0n) is 8.97. The summed E-state index contributed by atoms with van der Waals surface area (Å²) in [7, 11) is 1.88. The van der Waals surface area contributed by atoms with Crippen molar-refractivity contribution in [1.82, 2.24) is 25.0 Å². The summed E-state index contributed by atoms with van der Waals surface area (Å²) in [6.07, 6.45) is 2.63. The topological polar surface area (TPSA) is 63.1 Å². The Hall–Kier alpha value is -1.59. The van der Waals surface area contributed by atoms with Gasteiger partial charge in [-0.25, -0.2) is 4.79 Å². The van der Waals surface area contributed by atoms with Crippen LogP contribution in [0.4, 0.5) is 4.79 Å². The van der Waals surface area contributed by atoms with Crippen LogP contribution >= 0.6 is 0 Å². The van der Waals surface area contributed by atoms with E-state index < -0.39 is 0 Å². The van der Waals surface area contributed by atoms with Gasteiger partial charge in [-0.3, -0.25) is 0 Å². The molecule has 6 nitrogen and oxygen atoms in total. The number of hydrogen-bond acceptors (Lipinski definition) is 3. The summed E-state index contributed by atoms with van der Waals surface area (Å²) in [6, 6.07) is -0.0467. The zero-order chi connectivity index (χ0) is 10.8. The quantitative estimate of drug-likeness (QED) is 0.761. The first-order valence-electron chi connectivity index (χ1n) is 5.08. The number of aryl methyl sites for hydroxylation is 1. The van der Waals surface area contributed by atoms with Gasteiger partial charge in [0.2, 0.25) is 0 Å². The number of nitrogens with zero attached hydrogens (tertiary/aromatic N) is 4. The van der Waals surface area contributed by atoms with Gasteiger partial charge >= 0.3 is 6.03 Å². The summed E-state index contributed by atoms with van der Waals surface area (Å²) in [5.41, 5.74) is 0. The number of amides is 2. The van der Waals surface area contributed by atoms with Crippen molar-refractivity contribution in [1.29, 1.82) is 0 Å². The van der Waals surface area contributed by atoms with Gasteiger partial charge in [0.15, 0.2) is 5.82 Å². The Bertz CT molecular complexity index is 361. The SMILES string of the molecule is CC(c1nncn1C)N1CCCNC1=O. The highest BCUT2D eigenvalue weighted by Crippen LogP contribution is 2.18. The zero-order valence-corrected chi connectivity index (χ0v) is 8.97. The molecule has 1 aliphatic heterocycles. The Labute approximate surface area is 88.3 Å². The molecular weight excluding hydrogens is 194 g/mol. The van der Waals surface area contributed by atoms with Crippen LogP contribution in [0.1, 0.15) is 25.2 Å². The van der Waals surface area contributed by atoms with Gasteiger partial charge in [0, 0.05) is 20.1 Å². The Balaban J connectivity index is 2.16. The van der Waals surface area contributed by atoms with E-state index in [1.807, 2.05) is 18.5 Å². The normalized spacial score (nSPS) is 18.8. The first kappa shape index (κ1) is 9.95. The lowest BCUT2D eigenvalue weighted by Crippen LogP contribution is -2.47. The fraction of sp³-hybridized carbons (Fsp3) is 0.667. The lowest BCUT2D eigenvalue weighted by molar-refractivity contribution is 0.162. The van der Waals surface area contributed by atoms with E-state index in [0.29, 0.717) is 0 Å². The highest BCUT2D eigenvalue weighted by molar-refractivity contribution is 5.75. The van der Waals surface area contributed by atoms with Gasteiger partial charge in [-0.15, -0.1) is 10.2 Å². The third kappa shape index (κ3) is 1.79. The van der Waals surface area contributed by atoms with Crippen LogP contribution in [0.25, 0.3) is 0 Å². The minimum absolute atomic E-state index is 0.0169. The number of aromatic nitrogens is 3. The standard InChI is InChI=1S/C9H15N5O/c1-7(8-12-11-6-13(8)2)14-5-3-4-10-9(14)15/h6-7H,3-5H2,1-2H3,(H,10,15). The van der Waals surface area contributed by atoms with Crippen molar-refractivity contribution >= 4 is 6.03 Å². The van der Waals surface area contributed by atoms with E-state index in [2.05, 4.69) is 15.5 Å². The molecular formula is C9H15N5O. The molecule has 0 spiro atoms. The summed E-state index contributed by atoms with van der Waals surface area (Å²) in [5, 5.41) is 10.7. The molecule has 1 atom stereocenters. The average molecular weight is 209 g/mol. The molecule has 1 aliphatic rings. The van der Waals surface area contributed by atoms with Crippen molar-refractivity contribution < 1.29 is 4.79 Å². The second-order valence-corrected chi connectivity index (χ2v) is 3.75. The molecule has 15 heavy (non-hydrogen) atoms. The van der Waals surface area contributed by atoms with Crippen molar-refractivity contribution in [3.05, 3.63) is 12.2 Å². The number of carbonyl (C=O) groups excluding carboxylic acids is 1. The van der Waals surface area contributed by atoms with Gasteiger partial charge < -0.3 is 14.8 Å². The minimum atomic E-state index is -0.0298. The fourth-order valence-corrected chi connectivity index (χ4v) is 1.83. The molecule has 0 aromatic carbocycles. The van der Waals surface area contributed by atoms with Crippen molar-refractivity contribution in [3.8, 4) is 0 Å². The van der Waals surface area contributed by atoms with Gasteiger partial charge in [-0.2, -0.15) is 0 Å². The summed E-state index contributed by atoms with van der Waals surface area (Å²) >= 11 is 0. The molecule has 82 valence electrons. The number of hydrogen-bond donors (Lipinski definition) is 1. The molecule has 2 amide bonds. The van der Waals surface area contributed by atoms with Gasteiger partial charge in [0.25, 0.3) is 0 Å². The van der Waals surface area contributed by atoms with Crippen LogP contribution in [-0.4, -0.2) is 38.8 Å². The minimum Gasteiger partial charge on any atom is -0.338 e. The van der Waals surface area contributed by atoms with E-state index in [4.69, 9.17) is 0 Å². The van der Waals surface area contributed by atoms with Crippen LogP contribution in [-0.2, 0) is 7.05 Å². The number of nitrogens with one attached hydrogen (secondary N) is 1. The highest BCUT2D eigenvalue weighted by Gasteiger charge is 2.26. The third-order valence-electron chi connectivity index (χ3n) is 2.70. The van der Waals surface area contributed by atoms with Crippen LogP contribution < -0.4 is 5.32 Å². The smallest absolute Gasteiger partial charge is 0.318 e. The van der Waals surface area contributed by atoms with E-state index in [9.17, 15) is 4.79 Å². The van der Waals surface area contributed by atoms with Crippen LogP contribution in [0.2, 0.25) is 0 Å². The van der Waals surface area contributed by atoms with Gasteiger partial charge in [-0.05, 0) is 13.3 Å². The second kappa shape index (κ2) is 3.88. The van der Waals surface area contributed by atoms with Gasteiger partial charge in [-0.1, -0.05) is 0 Å². The number of carbonyl (C=O) groups is 1. The van der Waals surface area contributed by atoms with Crippen LogP contribution in [0.5, 0.6) is 0 Å². The molecule has 1 saturated heterocycles. The lowest BCUT2D eigenvalue weighted by atomic mass is 10.2. The molecule has 1 unspecified atom stereocenters. The summed E-state index contributed by atoms with van der Waals surface area (Å²) in [4.78, 5) is 13.4. The van der Waals surface area contributed by atoms with E-state index >= 15 is 0 Å². The third-order valence-corrected chi connectivity index (χ3v) is 2.70. The predicted molar refractivity (Wildman–Crippen MR) is 54.1 cm³/mol. The Kier molecular flexibility index (Phi) is 2.57. The van der Waals surface area contributed by atoms with Crippen molar-refractivity contribution in [2.24, 2.45) is 7.05 Å². The summed E-state index contributed by atoms with van der Waals surface area (Å²) in [6.45, 7) is 3.51. The molecule has 1 aromatic heterocycles. The molecule has 1 N–H and O–H groups in total. The van der Waals surface area contributed by atoms with E-state index in [1.54, 1.807) is 11.2 Å².